The molecule has 20 heavy (non-hydrogen) atoms. The van der Waals surface area contributed by atoms with Gasteiger partial charge >= 0.3 is 0 Å². The molecule has 4 heteroatoms. The molecule has 1 heterocycles. The number of benzene rings is 1. The summed E-state index contributed by atoms with van der Waals surface area (Å²) in [4.78, 5) is 11.9. The second-order valence-electron chi connectivity index (χ2n) is 5.66. The molecule has 3 rings (SSSR count). The van der Waals surface area contributed by atoms with Gasteiger partial charge in [0.2, 0.25) is 5.91 Å². The van der Waals surface area contributed by atoms with Gasteiger partial charge in [-0.15, -0.1) is 11.8 Å². The highest BCUT2D eigenvalue weighted by molar-refractivity contribution is 8.00. The Bertz CT molecular complexity index is 471. The van der Waals surface area contributed by atoms with Gasteiger partial charge in [-0.25, -0.2) is 0 Å². The zero-order valence-electron chi connectivity index (χ0n) is 11.7. The Morgan fingerprint density at radius 1 is 1.30 bits per heavy atom. The van der Waals surface area contributed by atoms with Crippen LogP contribution >= 0.6 is 11.8 Å². The van der Waals surface area contributed by atoms with Gasteiger partial charge in [0.25, 0.3) is 0 Å². The third-order valence-electron chi connectivity index (χ3n) is 4.24. The van der Waals surface area contributed by atoms with Crippen LogP contribution in [0.25, 0.3) is 0 Å². The summed E-state index contributed by atoms with van der Waals surface area (Å²) in [7, 11) is 0. The van der Waals surface area contributed by atoms with E-state index in [1.807, 2.05) is 11.8 Å². The molecule has 2 aliphatic rings. The first kappa shape index (κ1) is 14.0. The molecule has 1 amide bonds. The summed E-state index contributed by atoms with van der Waals surface area (Å²) in [6.07, 6.45) is 3.49. The lowest BCUT2D eigenvalue weighted by molar-refractivity contribution is -0.118. The largest absolute Gasteiger partial charge is 0.355 e. The number of fused-ring (bicyclic) bond motifs is 1. The summed E-state index contributed by atoms with van der Waals surface area (Å²) < 4.78 is 0. The number of carbonyl (C=O) groups excluding carboxylic acids is 1. The van der Waals surface area contributed by atoms with Gasteiger partial charge in [0, 0.05) is 17.7 Å². The van der Waals surface area contributed by atoms with Gasteiger partial charge in [-0.3, -0.25) is 4.79 Å². The molecule has 3 nitrogen and oxygen atoms in total. The van der Waals surface area contributed by atoms with E-state index in [-0.39, 0.29) is 5.91 Å². The van der Waals surface area contributed by atoms with E-state index in [2.05, 4.69) is 34.9 Å². The smallest absolute Gasteiger partial charge is 0.230 e. The van der Waals surface area contributed by atoms with E-state index in [0.29, 0.717) is 16.9 Å². The van der Waals surface area contributed by atoms with Gasteiger partial charge in [0.05, 0.1) is 5.75 Å². The van der Waals surface area contributed by atoms with E-state index in [1.165, 1.54) is 24.0 Å². The first-order valence-electron chi connectivity index (χ1n) is 7.50. The highest BCUT2D eigenvalue weighted by Crippen LogP contribution is 2.34. The maximum absolute atomic E-state index is 11.9. The highest BCUT2D eigenvalue weighted by atomic mass is 32.2. The Morgan fingerprint density at radius 3 is 2.90 bits per heavy atom. The van der Waals surface area contributed by atoms with Crippen LogP contribution in [-0.2, 0) is 11.2 Å². The number of thioether (sulfide) groups is 1. The van der Waals surface area contributed by atoms with Crippen molar-refractivity contribution in [2.24, 2.45) is 0 Å². The van der Waals surface area contributed by atoms with Crippen LogP contribution in [0.1, 0.15) is 29.9 Å². The number of carbonyl (C=O) groups is 1. The normalized spacial score (nSPS) is 21.9. The lowest BCUT2D eigenvalue weighted by Gasteiger charge is -2.30. The van der Waals surface area contributed by atoms with Crippen molar-refractivity contribution >= 4 is 17.7 Å². The quantitative estimate of drug-likeness (QED) is 0.870. The zero-order valence-corrected chi connectivity index (χ0v) is 12.5. The lowest BCUT2D eigenvalue weighted by atomic mass is 9.77. The van der Waals surface area contributed by atoms with Gasteiger partial charge in [0.1, 0.15) is 0 Å². The average Bonchev–Trinajstić information content (AvgIpc) is 2.47. The summed E-state index contributed by atoms with van der Waals surface area (Å²) in [5.74, 6) is 1.33. The molecule has 0 radical (unpaired) electrons. The molecule has 0 saturated carbocycles. The van der Waals surface area contributed by atoms with Crippen molar-refractivity contribution in [2.75, 3.05) is 25.4 Å². The van der Waals surface area contributed by atoms with Crippen molar-refractivity contribution < 1.29 is 4.79 Å². The van der Waals surface area contributed by atoms with Crippen molar-refractivity contribution in [3.63, 3.8) is 0 Å². The molecule has 1 atom stereocenters. The number of rotatable bonds is 5. The Balaban J connectivity index is 1.36. The Kier molecular flexibility index (Phi) is 4.63. The number of nitrogens with one attached hydrogen (secondary N) is 2. The van der Waals surface area contributed by atoms with Crippen LogP contribution in [0.15, 0.2) is 24.3 Å². The summed E-state index contributed by atoms with van der Waals surface area (Å²) in [6.45, 7) is 2.99. The Hall–Kier alpha value is -1.00. The molecular weight excluding hydrogens is 268 g/mol. The number of amides is 1. The van der Waals surface area contributed by atoms with Crippen LogP contribution < -0.4 is 10.6 Å². The van der Waals surface area contributed by atoms with Crippen LogP contribution in [0.5, 0.6) is 0 Å². The molecule has 1 aromatic carbocycles. The minimum atomic E-state index is 0.193. The maximum atomic E-state index is 11.9. The summed E-state index contributed by atoms with van der Waals surface area (Å²) in [5, 5.41) is 7.10. The molecule has 0 bridgehead atoms. The molecule has 1 aromatic rings. The van der Waals surface area contributed by atoms with Crippen LogP contribution in [0, 0.1) is 0 Å². The van der Waals surface area contributed by atoms with E-state index in [4.69, 9.17) is 0 Å². The monoisotopic (exact) mass is 290 g/mol. The molecule has 0 spiro atoms. The molecule has 1 fully saturated rings. The summed E-state index contributed by atoms with van der Waals surface area (Å²) in [6, 6.07) is 8.53. The summed E-state index contributed by atoms with van der Waals surface area (Å²) in [5.41, 5.74) is 2.86. The second-order valence-corrected chi connectivity index (χ2v) is 6.95. The second kappa shape index (κ2) is 6.64. The molecule has 108 valence electrons. The van der Waals surface area contributed by atoms with Gasteiger partial charge in [-0.1, -0.05) is 24.3 Å². The van der Waals surface area contributed by atoms with Crippen LogP contribution in [0.4, 0.5) is 0 Å². The number of piperidine rings is 1. The van der Waals surface area contributed by atoms with Gasteiger partial charge in [-0.05, 0) is 43.5 Å². The molecule has 1 unspecified atom stereocenters. The Morgan fingerprint density at radius 2 is 2.10 bits per heavy atom. The fourth-order valence-corrected chi connectivity index (χ4v) is 4.05. The SMILES string of the molecule is O=C(CSC1CCNCC1)NCC1Cc2ccccc21. The van der Waals surface area contributed by atoms with Crippen LogP contribution in [0.2, 0.25) is 0 Å². The predicted octanol–water partition coefficient (Wildman–Crippen LogP) is 1.93. The van der Waals surface area contributed by atoms with Gasteiger partial charge < -0.3 is 10.6 Å². The van der Waals surface area contributed by atoms with Crippen LogP contribution in [0.3, 0.4) is 0 Å². The molecule has 1 saturated heterocycles. The van der Waals surface area contributed by atoms with Gasteiger partial charge in [-0.2, -0.15) is 0 Å². The van der Waals surface area contributed by atoms with Crippen molar-refractivity contribution in [2.45, 2.75) is 30.4 Å². The van der Waals surface area contributed by atoms with Crippen molar-refractivity contribution in [1.29, 1.82) is 0 Å². The lowest BCUT2D eigenvalue weighted by Crippen LogP contribution is -2.35. The Labute approximate surface area is 124 Å². The topological polar surface area (TPSA) is 41.1 Å². The first-order chi connectivity index (χ1) is 9.83. The third kappa shape index (κ3) is 3.36. The van der Waals surface area contributed by atoms with E-state index in [0.717, 1.165) is 26.1 Å². The molecule has 0 aromatic heterocycles. The van der Waals surface area contributed by atoms with E-state index in [1.54, 1.807) is 0 Å². The van der Waals surface area contributed by atoms with E-state index < -0.39 is 0 Å². The molecule has 1 aliphatic carbocycles. The van der Waals surface area contributed by atoms with Gasteiger partial charge in [0.15, 0.2) is 0 Å². The van der Waals surface area contributed by atoms with Crippen molar-refractivity contribution in [1.82, 2.24) is 10.6 Å². The zero-order chi connectivity index (χ0) is 13.8. The van der Waals surface area contributed by atoms with Crippen molar-refractivity contribution in [3.8, 4) is 0 Å². The minimum absolute atomic E-state index is 0.193. The fraction of sp³-hybridized carbons (Fsp3) is 0.562. The minimum Gasteiger partial charge on any atom is -0.355 e. The van der Waals surface area contributed by atoms with Crippen molar-refractivity contribution in [3.05, 3.63) is 35.4 Å². The van der Waals surface area contributed by atoms with E-state index >= 15 is 0 Å². The number of hydrogen-bond acceptors (Lipinski definition) is 3. The fourth-order valence-electron chi connectivity index (χ4n) is 2.99. The van der Waals surface area contributed by atoms with Crippen LogP contribution in [-0.4, -0.2) is 36.5 Å². The van der Waals surface area contributed by atoms with E-state index in [9.17, 15) is 4.79 Å². The summed E-state index contributed by atoms with van der Waals surface area (Å²) >= 11 is 1.82. The molecule has 1 aliphatic heterocycles. The third-order valence-corrected chi connectivity index (χ3v) is 5.61. The number of hydrogen-bond donors (Lipinski definition) is 2. The highest BCUT2D eigenvalue weighted by Gasteiger charge is 2.25. The predicted molar refractivity (Wildman–Crippen MR) is 84.2 cm³/mol. The molecule has 2 N–H and O–H groups in total. The standard InChI is InChI=1S/C16H22N2OS/c19-16(11-20-14-5-7-17-8-6-14)18-10-13-9-12-3-1-2-4-15(12)13/h1-4,13-14,17H,5-11H2,(H,18,19). The first-order valence-corrected chi connectivity index (χ1v) is 8.54. The maximum Gasteiger partial charge on any atom is 0.230 e. The average molecular weight is 290 g/mol. The molecular formula is C16H22N2OS.